The zero-order chi connectivity index (χ0) is 10.1. The SMILES string of the molecule is CNc1nc2cc(C(C)C)ccc2o1. The molecule has 0 bridgehead atoms. The summed E-state index contributed by atoms with van der Waals surface area (Å²) in [6.45, 7) is 4.33. The number of anilines is 1. The van der Waals surface area contributed by atoms with Crippen LogP contribution in [-0.2, 0) is 0 Å². The summed E-state index contributed by atoms with van der Waals surface area (Å²) in [6, 6.07) is 6.70. The van der Waals surface area contributed by atoms with Crippen LogP contribution in [0, 0.1) is 0 Å². The van der Waals surface area contributed by atoms with Crippen molar-refractivity contribution in [3.8, 4) is 0 Å². The van der Waals surface area contributed by atoms with Gasteiger partial charge in [0.25, 0.3) is 6.01 Å². The Hall–Kier alpha value is -1.51. The van der Waals surface area contributed by atoms with Gasteiger partial charge in [-0.05, 0) is 23.6 Å². The summed E-state index contributed by atoms with van der Waals surface area (Å²) < 4.78 is 5.43. The fourth-order valence-corrected chi connectivity index (χ4v) is 1.41. The fourth-order valence-electron chi connectivity index (χ4n) is 1.41. The van der Waals surface area contributed by atoms with Crippen molar-refractivity contribution in [3.63, 3.8) is 0 Å². The van der Waals surface area contributed by atoms with Crippen LogP contribution in [0.3, 0.4) is 0 Å². The Labute approximate surface area is 83.1 Å². The van der Waals surface area contributed by atoms with E-state index in [-0.39, 0.29) is 0 Å². The maximum Gasteiger partial charge on any atom is 0.295 e. The van der Waals surface area contributed by atoms with Crippen LogP contribution in [0.25, 0.3) is 11.1 Å². The van der Waals surface area contributed by atoms with Gasteiger partial charge in [0.05, 0.1) is 0 Å². The number of aromatic nitrogens is 1. The molecular formula is C11H14N2O. The topological polar surface area (TPSA) is 38.1 Å². The standard InChI is InChI=1S/C11H14N2O/c1-7(2)8-4-5-10-9(6-8)13-11(12-3)14-10/h4-7H,1-3H3,(H,12,13). The molecule has 0 saturated heterocycles. The van der Waals surface area contributed by atoms with E-state index < -0.39 is 0 Å². The van der Waals surface area contributed by atoms with Crippen LogP contribution in [0.5, 0.6) is 0 Å². The molecule has 1 aromatic carbocycles. The largest absolute Gasteiger partial charge is 0.424 e. The van der Waals surface area contributed by atoms with Crippen molar-refractivity contribution in [1.82, 2.24) is 4.98 Å². The zero-order valence-corrected chi connectivity index (χ0v) is 8.66. The van der Waals surface area contributed by atoms with Gasteiger partial charge in [-0.1, -0.05) is 19.9 Å². The summed E-state index contributed by atoms with van der Waals surface area (Å²) in [6.07, 6.45) is 0. The molecular weight excluding hydrogens is 176 g/mol. The molecule has 3 heteroatoms. The highest BCUT2D eigenvalue weighted by atomic mass is 16.4. The number of benzene rings is 1. The maximum absolute atomic E-state index is 5.43. The van der Waals surface area contributed by atoms with Crippen molar-refractivity contribution in [2.24, 2.45) is 0 Å². The first-order valence-corrected chi connectivity index (χ1v) is 4.79. The molecule has 0 fully saturated rings. The van der Waals surface area contributed by atoms with E-state index in [0.717, 1.165) is 11.1 Å². The second-order valence-electron chi connectivity index (χ2n) is 3.65. The van der Waals surface area contributed by atoms with E-state index in [2.05, 4.69) is 36.3 Å². The van der Waals surface area contributed by atoms with Crippen LogP contribution in [0.2, 0.25) is 0 Å². The molecule has 1 N–H and O–H groups in total. The summed E-state index contributed by atoms with van der Waals surface area (Å²) in [5.74, 6) is 0.522. The van der Waals surface area contributed by atoms with Gasteiger partial charge >= 0.3 is 0 Å². The number of rotatable bonds is 2. The monoisotopic (exact) mass is 190 g/mol. The number of nitrogens with zero attached hydrogens (tertiary/aromatic N) is 1. The number of hydrogen-bond donors (Lipinski definition) is 1. The summed E-state index contributed by atoms with van der Waals surface area (Å²) in [5.41, 5.74) is 3.03. The lowest BCUT2D eigenvalue weighted by molar-refractivity contribution is 0.620. The van der Waals surface area contributed by atoms with Crippen molar-refractivity contribution in [3.05, 3.63) is 23.8 Å². The molecule has 3 nitrogen and oxygen atoms in total. The molecule has 0 aliphatic heterocycles. The molecule has 0 unspecified atom stereocenters. The maximum atomic E-state index is 5.43. The van der Waals surface area contributed by atoms with E-state index in [1.807, 2.05) is 6.07 Å². The van der Waals surface area contributed by atoms with Gasteiger partial charge in [0.2, 0.25) is 0 Å². The molecule has 74 valence electrons. The third kappa shape index (κ3) is 1.45. The second kappa shape index (κ2) is 3.33. The minimum atomic E-state index is 0.522. The Morgan fingerprint density at radius 2 is 2.14 bits per heavy atom. The van der Waals surface area contributed by atoms with Crippen LogP contribution in [-0.4, -0.2) is 12.0 Å². The molecule has 0 aliphatic carbocycles. The van der Waals surface area contributed by atoms with Crippen LogP contribution in [0.15, 0.2) is 22.6 Å². The quantitative estimate of drug-likeness (QED) is 0.791. The van der Waals surface area contributed by atoms with Gasteiger partial charge in [-0.3, -0.25) is 0 Å². The van der Waals surface area contributed by atoms with Gasteiger partial charge in [-0.2, -0.15) is 4.98 Å². The highest BCUT2D eigenvalue weighted by Crippen LogP contribution is 2.23. The van der Waals surface area contributed by atoms with Crippen molar-refractivity contribution in [1.29, 1.82) is 0 Å². The lowest BCUT2D eigenvalue weighted by atomic mass is 10.0. The summed E-state index contributed by atoms with van der Waals surface area (Å²) in [5, 5.41) is 2.89. The molecule has 0 amide bonds. The van der Waals surface area contributed by atoms with Crippen LogP contribution in [0.4, 0.5) is 6.01 Å². The number of nitrogens with one attached hydrogen (secondary N) is 1. The Bertz CT molecular complexity index is 445. The highest BCUT2D eigenvalue weighted by molar-refractivity contribution is 5.75. The van der Waals surface area contributed by atoms with E-state index in [0.29, 0.717) is 11.9 Å². The van der Waals surface area contributed by atoms with Gasteiger partial charge in [0, 0.05) is 7.05 Å². The Balaban J connectivity index is 2.54. The normalized spacial score (nSPS) is 11.1. The van der Waals surface area contributed by atoms with Crippen molar-refractivity contribution < 1.29 is 4.42 Å². The summed E-state index contributed by atoms with van der Waals surface area (Å²) >= 11 is 0. The zero-order valence-electron chi connectivity index (χ0n) is 8.66. The minimum absolute atomic E-state index is 0.522. The Morgan fingerprint density at radius 1 is 1.36 bits per heavy atom. The van der Waals surface area contributed by atoms with Crippen molar-refractivity contribution in [2.45, 2.75) is 19.8 Å². The first kappa shape index (κ1) is 9.06. The summed E-state index contributed by atoms with van der Waals surface area (Å²) in [7, 11) is 1.80. The fraction of sp³-hybridized carbons (Fsp3) is 0.364. The van der Waals surface area contributed by atoms with Crippen molar-refractivity contribution >= 4 is 17.1 Å². The molecule has 1 aromatic heterocycles. The highest BCUT2D eigenvalue weighted by Gasteiger charge is 2.06. The second-order valence-corrected chi connectivity index (χ2v) is 3.65. The lowest BCUT2D eigenvalue weighted by Gasteiger charge is -2.02. The molecule has 2 rings (SSSR count). The third-order valence-electron chi connectivity index (χ3n) is 2.29. The molecule has 0 radical (unpaired) electrons. The molecule has 14 heavy (non-hydrogen) atoms. The Morgan fingerprint density at radius 3 is 2.79 bits per heavy atom. The van der Waals surface area contributed by atoms with E-state index in [4.69, 9.17) is 4.42 Å². The smallest absolute Gasteiger partial charge is 0.295 e. The predicted molar refractivity (Wildman–Crippen MR) is 57.6 cm³/mol. The van der Waals surface area contributed by atoms with Gasteiger partial charge in [0.15, 0.2) is 5.58 Å². The minimum Gasteiger partial charge on any atom is -0.424 e. The lowest BCUT2D eigenvalue weighted by Crippen LogP contribution is -1.86. The first-order valence-electron chi connectivity index (χ1n) is 4.79. The van der Waals surface area contributed by atoms with Crippen molar-refractivity contribution in [2.75, 3.05) is 12.4 Å². The van der Waals surface area contributed by atoms with Gasteiger partial charge in [-0.15, -0.1) is 0 Å². The summed E-state index contributed by atoms with van der Waals surface area (Å²) in [4.78, 5) is 4.30. The van der Waals surface area contributed by atoms with Gasteiger partial charge in [-0.25, -0.2) is 0 Å². The molecule has 2 aromatic rings. The van der Waals surface area contributed by atoms with Gasteiger partial charge < -0.3 is 9.73 Å². The van der Waals surface area contributed by atoms with Crippen LogP contribution in [0.1, 0.15) is 25.3 Å². The molecule has 0 spiro atoms. The van der Waals surface area contributed by atoms with E-state index in [1.165, 1.54) is 5.56 Å². The number of hydrogen-bond acceptors (Lipinski definition) is 3. The molecule has 0 aliphatic rings. The molecule has 0 atom stereocenters. The van der Waals surface area contributed by atoms with E-state index >= 15 is 0 Å². The Kier molecular flexibility index (Phi) is 2.15. The molecule has 0 saturated carbocycles. The number of fused-ring (bicyclic) bond motifs is 1. The van der Waals surface area contributed by atoms with E-state index in [9.17, 15) is 0 Å². The van der Waals surface area contributed by atoms with Crippen LogP contribution >= 0.6 is 0 Å². The van der Waals surface area contributed by atoms with Gasteiger partial charge in [0.1, 0.15) is 5.52 Å². The number of oxazole rings is 1. The predicted octanol–water partition coefficient (Wildman–Crippen LogP) is 2.99. The molecule has 1 heterocycles. The third-order valence-corrected chi connectivity index (χ3v) is 2.29. The first-order chi connectivity index (χ1) is 6.70. The van der Waals surface area contributed by atoms with Crippen LogP contribution < -0.4 is 5.32 Å². The van der Waals surface area contributed by atoms with E-state index in [1.54, 1.807) is 7.05 Å². The average molecular weight is 190 g/mol. The average Bonchev–Trinajstić information content (AvgIpc) is 2.58.